The molecule has 1 aliphatic heterocycles. The Morgan fingerprint density at radius 2 is 1.82 bits per heavy atom. The molecular weight excluding hydrogens is 432 g/mol. The number of hydrogen-bond donors (Lipinski definition) is 1. The lowest BCUT2D eigenvalue weighted by Gasteiger charge is -2.28. The van der Waals surface area contributed by atoms with Crippen LogP contribution in [0, 0.1) is 0 Å². The van der Waals surface area contributed by atoms with E-state index in [1.54, 1.807) is 47.4 Å². The van der Waals surface area contributed by atoms with Crippen LogP contribution < -0.4 is 9.47 Å². The van der Waals surface area contributed by atoms with Crippen molar-refractivity contribution in [3.8, 4) is 11.5 Å². The Hall–Kier alpha value is -3.58. The number of aliphatic hydroxyl groups is 1. The van der Waals surface area contributed by atoms with E-state index in [9.17, 15) is 14.7 Å². The molecule has 1 aliphatic rings. The Balaban J connectivity index is 2.07. The molecule has 1 heterocycles. The van der Waals surface area contributed by atoms with Gasteiger partial charge in [-0.2, -0.15) is 0 Å². The van der Waals surface area contributed by atoms with Gasteiger partial charge in [0, 0.05) is 18.7 Å². The molecule has 1 fully saturated rings. The van der Waals surface area contributed by atoms with E-state index >= 15 is 0 Å². The van der Waals surface area contributed by atoms with Crippen LogP contribution >= 0.6 is 0 Å². The molecule has 2 aromatic carbocycles. The highest BCUT2D eigenvalue weighted by Gasteiger charge is 2.46. The third-order valence-electron chi connectivity index (χ3n) is 6.00. The Morgan fingerprint density at radius 1 is 1.12 bits per heavy atom. The van der Waals surface area contributed by atoms with Gasteiger partial charge in [0.05, 0.1) is 18.7 Å². The minimum Gasteiger partial charge on any atom is -0.507 e. The van der Waals surface area contributed by atoms with Gasteiger partial charge in [0.15, 0.2) is 0 Å². The van der Waals surface area contributed by atoms with Crippen molar-refractivity contribution in [1.29, 1.82) is 0 Å². The van der Waals surface area contributed by atoms with Crippen LogP contribution in [0.25, 0.3) is 5.76 Å². The van der Waals surface area contributed by atoms with Crippen LogP contribution in [0.15, 0.2) is 66.8 Å². The van der Waals surface area contributed by atoms with E-state index in [1.807, 2.05) is 12.1 Å². The van der Waals surface area contributed by atoms with Gasteiger partial charge in [-0.15, -0.1) is 0 Å². The summed E-state index contributed by atoms with van der Waals surface area (Å²) in [6.07, 6.45) is 1.66. The largest absolute Gasteiger partial charge is 0.507 e. The zero-order chi connectivity index (χ0) is 24.7. The number of ketones is 1. The van der Waals surface area contributed by atoms with E-state index < -0.39 is 17.7 Å². The molecule has 7 nitrogen and oxygen atoms in total. The number of hydrogen-bond acceptors (Lipinski definition) is 6. The predicted octanol–water partition coefficient (Wildman–Crippen LogP) is 4.02. The van der Waals surface area contributed by atoms with Crippen molar-refractivity contribution in [2.75, 3.05) is 39.9 Å². The normalized spacial score (nSPS) is 17.3. The number of likely N-dealkylation sites (N-methyl/N-ethyl adjacent to an activating group) is 1. The number of rotatable bonds is 11. The number of Topliss-reactive ketones (excluding diaryl/α,β-unsaturated/α-hetero) is 1. The van der Waals surface area contributed by atoms with Crippen molar-refractivity contribution in [3.63, 3.8) is 0 Å². The first kappa shape index (κ1) is 25.1. The van der Waals surface area contributed by atoms with Gasteiger partial charge in [0.2, 0.25) is 0 Å². The number of nitrogens with zero attached hydrogens (tertiary/aromatic N) is 2. The summed E-state index contributed by atoms with van der Waals surface area (Å²) in [6.45, 7) is 10.8. The van der Waals surface area contributed by atoms with Crippen LogP contribution in [-0.2, 0) is 9.59 Å². The summed E-state index contributed by atoms with van der Waals surface area (Å²) in [6, 6.07) is 13.3. The Bertz CT molecular complexity index is 1060. The number of carbonyl (C=O) groups is 2. The summed E-state index contributed by atoms with van der Waals surface area (Å²) >= 11 is 0. The Kier molecular flexibility index (Phi) is 8.49. The molecule has 3 rings (SSSR count). The number of ether oxygens (including phenoxy) is 2. The Labute approximate surface area is 200 Å². The quantitative estimate of drug-likeness (QED) is 0.234. The van der Waals surface area contributed by atoms with Crippen LogP contribution in [0.3, 0.4) is 0 Å². The van der Waals surface area contributed by atoms with Crippen molar-refractivity contribution < 1.29 is 24.2 Å². The summed E-state index contributed by atoms with van der Waals surface area (Å²) in [7, 11) is 1.53. The fraction of sp³-hybridized carbons (Fsp3) is 0.333. The molecule has 2 aromatic rings. The number of aliphatic hydroxyl groups excluding tert-OH is 1. The summed E-state index contributed by atoms with van der Waals surface area (Å²) in [4.78, 5) is 30.0. The number of carbonyl (C=O) groups excluding carboxylic acids is 2. The lowest BCUT2D eigenvalue weighted by molar-refractivity contribution is -0.140. The molecule has 7 heteroatoms. The number of likely N-dealkylation sites (tertiary alicyclic amines) is 1. The van der Waals surface area contributed by atoms with E-state index in [0.717, 1.165) is 13.1 Å². The third kappa shape index (κ3) is 5.31. The standard InChI is InChI=1S/C27H32N2O5/c1-5-17-34-21-13-11-19(12-14-21)24-23(25(30)20-9-8-10-22(18-20)33-4)26(31)27(32)29(24)16-15-28(6-2)7-3/h5,8-14,18,24,30H,1,6-7,15-17H2,2-4H3/b25-23+. The van der Waals surface area contributed by atoms with E-state index in [2.05, 4.69) is 25.3 Å². The van der Waals surface area contributed by atoms with E-state index in [4.69, 9.17) is 9.47 Å². The molecule has 180 valence electrons. The maximum absolute atomic E-state index is 13.2. The van der Waals surface area contributed by atoms with Gasteiger partial charge in [-0.25, -0.2) is 0 Å². The molecular formula is C27H32N2O5. The second-order valence-electron chi connectivity index (χ2n) is 7.92. The highest BCUT2D eigenvalue weighted by atomic mass is 16.5. The molecule has 0 saturated carbocycles. The summed E-state index contributed by atoms with van der Waals surface area (Å²) in [5, 5.41) is 11.2. The third-order valence-corrected chi connectivity index (χ3v) is 6.00. The lowest BCUT2D eigenvalue weighted by Crippen LogP contribution is -2.38. The van der Waals surface area contributed by atoms with E-state index in [0.29, 0.717) is 42.3 Å². The van der Waals surface area contributed by atoms with E-state index in [-0.39, 0.29) is 11.3 Å². The fourth-order valence-electron chi connectivity index (χ4n) is 4.07. The molecule has 1 saturated heterocycles. The molecule has 1 unspecified atom stereocenters. The van der Waals surface area contributed by atoms with Crippen molar-refractivity contribution in [2.45, 2.75) is 19.9 Å². The van der Waals surface area contributed by atoms with Crippen molar-refractivity contribution in [1.82, 2.24) is 9.80 Å². The first-order chi connectivity index (χ1) is 16.4. The second-order valence-corrected chi connectivity index (χ2v) is 7.92. The lowest BCUT2D eigenvalue weighted by atomic mass is 9.95. The molecule has 0 spiro atoms. The van der Waals surface area contributed by atoms with Crippen LogP contribution in [-0.4, -0.2) is 66.5 Å². The number of amides is 1. The molecule has 0 aromatic heterocycles. The van der Waals surface area contributed by atoms with Gasteiger partial charge >= 0.3 is 0 Å². The smallest absolute Gasteiger partial charge is 0.295 e. The first-order valence-electron chi connectivity index (χ1n) is 11.4. The zero-order valence-electron chi connectivity index (χ0n) is 20.0. The highest BCUT2D eigenvalue weighted by Crippen LogP contribution is 2.40. The van der Waals surface area contributed by atoms with Crippen LogP contribution in [0.5, 0.6) is 11.5 Å². The average molecular weight is 465 g/mol. The van der Waals surface area contributed by atoms with Gasteiger partial charge in [0.25, 0.3) is 11.7 Å². The monoisotopic (exact) mass is 464 g/mol. The van der Waals surface area contributed by atoms with Crippen LogP contribution in [0.2, 0.25) is 0 Å². The fourth-order valence-corrected chi connectivity index (χ4v) is 4.07. The highest BCUT2D eigenvalue weighted by molar-refractivity contribution is 6.46. The minimum atomic E-state index is -0.713. The summed E-state index contributed by atoms with van der Waals surface area (Å²) in [5.74, 6) is -0.346. The van der Waals surface area contributed by atoms with Gasteiger partial charge in [0.1, 0.15) is 23.9 Å². The van der Waals surface area contributed by atoms with Gasteiger partial charge in [-0.05, 0) is 42.9 Å². The molecule has 0 radical (unpaired) electrons. The molecule has 1 atom stereocenters. The minimum absolute atomic E-state index is 0.0672. The van der Waals surface area contributed by atoms with E-state index in [1.165, 1.54) is 7.11 Å². The molecule has 1 N–H and O–H groups in total. The van der Waals surface area contributed by atoms with Crippen LogP contribution in [0.4, 0.5) is 0 Å². The maximum atomic E-state index is 13.2. The van der Waals surface area contributed by atoms with Crippen LogP contribution in [0.1, 0.15) is 31.0 Å². The van der Waals surface area contributed by atoms with Crippen molar-refractivity contribution in [3.05, 3.63) is 77.9 Å². The van der Waals surface area contributed by atoms with Gasteiger partial charge in [-0.3, -0.25) is 9.59 Å². The average Bonchev–Trinajstić information content (AvgIpc) is 3.13. The number of benzene rings is 2. The molecule has 1 amide bonds. The molecule has 0 bridgehead atoms. The number of methoxy groups -OCH3 is 1. The summed E-state index contributed by atoms with van der Waals surface area (Å²) < 4.78 is 10.8. The predicted molar refractivity (Wildman–Crippen MR) is 132 cm³/mol. The maximum Gasteiger partial charge on any atom is 0.295 e. The second kappa shape index (κ2) is 11.5. The molecule has 34 heavy (non-hydrogen) atoms. The Morgan fingerprint density at radius 3 is 2.44 bits per heavy atom. The van der Waals surface area contributed by atoms with Crippen molar-refractivity contribution in [2.24, 2.45) is 0 Å². The SMILES string of the molecule is C=CCOc1ccc(C2/C(=C(\O)c3cccc(OC)c3)C(=O)C(=O)N2CCN(CC)CC)cc1. The molecule has 0 aliphatic carbocycles. The van der Waals surface area contributed by atoms with Crippen molar-refractivity contribution >= 4 is 17.4 Å². The van der Waals surface area contributed by atoms with Gasteiger partial charge < -0.3 is 24.4 Å². The summed E-state index contributed by atoms with van der Waals surface area (Å²) in [5.41, 5.74) is 1.20. The first-order valence-corrected chi connectivity index (χ1v) is 11.4. The topological polar surface area (TPSA) is 79.3 Å². The van der Waals surface area contributed by atoms with Gasteiger partial charge in [-0.1, -0.05) is 50.8 Å². The zero-order valence-corrected chi connectivity index (χ0v) is 20.0.